The Morgan fingerprint density at radius 2 is 2.18 bits per heavy atom. The molecule has 0 aliphatic heterocycles. The number of aliphatic hydroxyl groups excluding tert-OH is 1. The second kappa shape index (κ2) is 5.53. The third-order valence-electron chi connectivity index (χ3n) is 2.65. The minimum atomic E-state index is -0.511. The molecule has 0 saturated carbocycles. The van der Waals surface area contributed by atoms with E-state index in [1.54, 1.807) is 11.3 Å². The molecule has 1 N–H and O–H groups in total. The zero-order chi connectivity index (χ0) is 12.4. The molecule has 0 aliphatic rings. The number of aliphatic hydroxyl groups is 1. The first-order valence-electron chi connectivity index (χ1n) is 5.24. The standard InChI is InChI=1S/C13H12BrClOS/c1-8-2-3-9(6-11(8)15)12(16)7-13-10(14)4-5-17-13/h2-6,12,16H,7H2,1H3. The van der Waals surface area contributed by atoms with Crippen LogP contribution in [0.15, 0.2) is 34.1 Å². The lowest BCUT2D eigenvalue weighted by molar-refractivity contribution is 0.179. The van der Waals surface area contributed by atoms with E-state index in [-0.39, 0.29) is 0 Å². The number of hydrogen-bond acceptors (Lipinski definition) is 2. The molecule has 17 heavy (non-hydrogen) atoms. The van der Waals surface area contributed by atoms with Crippen molar-refractivity contribution in [1.82, 2.24) is 0 Å². The normalized spacial score (nSPS) is 12.7. The molecule has 0 radical (unpaired) electrons. The zero-order valence-electron chi connectivity index (χ0n) is 9.28. The lowest BCUT2D eigenvalue weighted by atomic mass is 10.0. The molecule has 1 atom stereocenters. The molecule has 1 aromatic heterocycles. The molecule has 0 saturated heterocycles. The summed E-state index contributed by atoms with van der Waals surface area (Å²) in [7, 11) is 0. The highest BCUT2D eigenvalue weighted by Crippen LogP contribution is 2.29. The Bertz CT molecular complexity index is 524. The number of benzene rings is 1. The third-order valence-corrected chi connectivity index (χ3v) is 5.01. The first kappa shape index (κ1) is 13.1. The Labute approximate surface area is 118 Å². The van der Waals surface area contributed by atoms with Gasteiger partial charge in [0.05, 0.1) is 6.10 Å². The molecule has 0 amide bonds. The van der Waals surface area contributed by atoms with Crippen LogP contribution in [0.4, 0.5) is 0 Å². The summed E-state index contributed by atoms with van der Waals surface area (Å²) in [6.07, 6.45) is 0.0977. The van der Waals surface area contributed by atoms with Gasteiger partial charge in [0.1, 0.15) is 0 Å². The summed E-state index contributed by atoms with van der Waals surface area (Å²) in [6, 6.07) is 7.69. The van der Waals surface area contributed by atoms with Crippen LogP contribution in [0, 0.1) is 6.92 Å². The molecule has 1 heterocycles. The van der Waals surface area contributed by atoms with Crippen molar-refractivity contribution in [1.29, 1.82) is 0 Å². The Kier molecular flexibility index (Phi) is 4.26. The average Bonchev–Trinajstić information content (AvgIpc) is 2.68. The van der Waals surface area contributed by atoms with Crippen LogP contribution in [-0.2, 0) is 6.42 Å². The fourth-order valence-corrected chi connectivity index (χ4v) is 3.32. The van der Waals surface area contributed by atoms with Crippen molar-refractivity contribution < 1.29 is 5.11 Å². The molecular weight excluding hydrogens is 320 g/mol. The minimum absolute atomic E-state index is 0.511. The number of hydrogen-bond donors (Lipinski definition) is 1. The minimum Gasteiger partial charge on any atom is -0.388 e. The van der Waals surface area contributed by atoms with Crippen LogP contribution in [0.25, 0.3) is 0 Å². The highest BCUT2D eigenvalue weighted by molar-refractivity contribution is 9.10. The van der Waals surface area contributed by atoms with Gasteiger partial charge in [-0.05, 0) is 51.5 Å². The Balaban J connectivity index is 2.17. The topological polar surface area (TPSA) is 20.2 Å². The van der Waals surface area contributed by atoms with Crippen molar-refractivity contribution in [3.63, 3.8) is 0 Å². The predicted molar refractivity (Wildman–Crippen MR) is 76.9 cm³/mol. The van der Waals surface area contributed by atoms with Crippen LogP contribution in [0.3, 0.4) is 0 Å². The average molecular weight is 332 g/mol. The number of halogens is 2. The fraction of sp³-hybridized carbons (Fsp3) is 0.231. The van der Waals surface area contributed by atoms with Gasteiger partial charge >= 0.3 is 0 Å². The largest absolute Gasteiger partial charge is 0.388 e. The Morgan fingerprint density at radius 3 is 2.76 bits per heavy atom. The first-order valence-corrected chi connectivity index (χ1v) is 7.29. The summed E-state index contributed by atoms with van der Waals surface area (Å²) in [5.74, 6) is 0. The van der Waals surface area contributed by atoms with E-state index in [4.69, 9.17) is 11.6 Å². The van der Waals surface area contributed by atoms with E-state index in [0.717, 1.165) is 20.5 Å². The van der Waals surface area contributed by atoms with Crippen LogP contribution in [0.2, 0.25) is 5.02 Å². The van der Waals surface area contributed by atoms with Gasteiger partial charge in [0.15, 0.2) is 0 Å². The fourth-order valence-electron chi connectivity index (χ4n) is 1.58. The van der Waals surface area contributed by atoms with Crippen LogP contribution in [0.1, 0.15) is 22.1 Å². The van der Waals surface area contributed by atoms with Gasteiger partial charge in [0.2, 0.25) is 0 Å². The van der Waals surface area contributed by atoms with Gasteiger partial charge in [-0.15, -0.1) is 11.3 Å². The van der Waals surface area contributed by atoms with Gasteiger partial charge in [-0.3, -0.25) is 0 Å². The molecule has 2 rings (SSSR count). The maximum Gasteiger partial charge on any atom is 0.0839 e. The maximum atomic E-state index is 10.2. The van der Waals surface area contributed by atoms with E-state index in [0.29, 0.717) is 11.4 Å². The molecule has 0 bridgehead atoms. The molecule has 2 aromatic rings. The van der Waals surface area contributed by atoms with Gasteiger partial charge in [0.25, 0.3) is 0 Å². The van der Waals surface area contributed by atoms with Crippen molar-refractivity contribution in [3.8, 4) is 0 Å². The van der Waals surface area contributed by atoms with Crippen molar-refractivity contribution in [2.45, 2.75) is 19.4 Å². The molecule has 1 unspecified atom stereocenters. The maximum absolute atomic E-state index is 10.2. The quantitative estimate of drug-likeness (QED) is 0.860. The molecule has 0 aliphatic carbocycles. The van der Waals surface area contributed by atoms with E-state index >= 15 is 0 Å². The van der Waals surface area contributed by atoms with Crippen LogP contribution in [-0.4, -0.2) is 5.11 Å². The molecule has 0 spiro atoms. The summed E-state index contributed by atoms with van der Waals surface area (Å²) in [5.41, 5.74) is 1.89. The van der Waals surface area contributed by atoms with Crippen LogP contribution < -0.4 is 0 Å². The van der Waals surface area contributed by atoms with Gasteiger partial charge in [-0.25, -0.2) is 0 Å². The van der Waals surface area contributed by atoms with Crippen molar-refractivity contribution in [2.75, 3.05) is 0 Å². The predicted octanol–water partition coefficient (Wildman–Crippen LogP) is 4.75. The zero-order valence-corrected chi connectivity index (χ0v) is 12.4. The number of rotatable bonds is 3. The highest BCUT2D eigenvalue weighted by Gasteiger charge is 2.12. The molecule has 4 heteroatoms. The van der Waals surface area contributed by atoms with Crippen molar-refractivity contribution >= 4 is 38.9 Å². The van der Waals surface area contributed by atoms with Gasteiger partial charge in [-0.1, -0.05) is 23.7 Å². The second-order valence-corrected chi connectivity index (χ2v) is 6.18. The smallest absolute Gasteiger partial charge is 0.0839 e. The monoisotopic (exact) mass is 330 g/mol. The lowest BCUT2D eigenvalue weighted by Gasteiger charge is -2.11. The van der Waals surface area contributed by atoms with Crippen molar-refractivity contribution in [2.24, 2.45) is 0 Å². The molecule has 0 fully saturated rings. The Hall–Kier alpha value is -0.350. The van der Waals surface area contributed by atoms with Crippen LogP contribution >= 0.6 is 38.9 Å². The summed E-state index contributed by atoms with van der Waals surface area (Å²) < 4.78 is 1.06. The van der Waals surface area contributed by atoms with Gasteiger partial charge in [0, 0.05) is 20.8 Å². The molecular formula is C13H12BrClOS. The lowest BCUT2D eigenvalue weighted by Crippen LogP contribution is -2.01. The molecule has 90 valence electrons. The molecule has 1 aromatic carbocycles. The number of aryl methyl sites for hydroxylation is 1. The van der Waals surface area contributed by atoms with Gasteiger partial charge < -0.3 is 5.11 Å². The van der Waals surface area contributed by atoms with Gasteiger partial charge in [-0.2, -0.15) is 0 Å². The van der Waals surface area contributed by atoms with E-state index < -0.39 is 6.10 Å². The van der Waals surface area contributed by atoms with Crippen molar-refractivity contribution in [3.05, 3.63) is 55.1 Å². The SMILES string of the molecule is Cc1ccc(C(O)Cc2sccc2Br)cc1Cl. The summed E-state index contributed by atoms with van der Waals surface area (Å²) in [5, 5.41) is 12.9. The van der Waals surface area contributed by atoms with Crippen LogP contribution in [0.5, 0.6) is 0 Å². The summed E-state index contributed by atoms with van der Waals surface area (Å²) in [6.45, 7) is 1.95. The second-order valence-electron chi connectivity index (χ2n) is 3.92. The molecule has 1 nitrogen and oxygen atoms in total. The number of thiophene rings is 1. The van der Waals surface area contributed by atoms with E-state index in [1.807, 2.05) is 36.6 Å². The van der Waals surface area contributed by atoms with E-state index in [9.17, 15) is 5.11 Å². The third kappa shape index (κ3) is 3.10. The van der Waals surface area contributed by atoms with E-state index in [1.165, 1.54) is 0 Å². The first-order chi connectivity index (χ1) is 8.08. The highest BCUT2D eigenvalue weighted by atomic mass is 79.9. The summed E-state index contributed by atoms with van der Waals surface area (Å²) >= 11 is 11.2. The Morgan fingerprint density at radius 1 is 1.41 bits per heavy atom. The van der Waals surface area contributed by atoms with E-state index in [2.05, 4.69) is 15.9 Å². The summed E-state index contributed by atoms with van der Waals surface area (Å²) in [4.78, 5) is 1.15.